The minimum atomic E-state index is -1.65. The van der Waals surface area contributed by atoms with Crippen LogP contribution in [0.25, 0.3) is 0 Å². The van der Waals surface area contributed by atoms with Crippen LogP contribution in [0.5, 0.6) is 0 Å². The molecule has 2 N–H and O–H groups in total. The van der Waals surface area contributed by atoms with Crippen LogP contribution in [0.3, 0.4) is 0 Å². The van der Waals surface area contributed by atoms with E-state index in [0.29, 0.717) is 0 Å². The zero-order chi connectivity index (χ0) is 12.3. The molecule has 0 atom stereocenters. The second kappa shape index (κ2) is 4.29. The summed E-state index contributed by atoms with van der Waals surface area (Å²) in [5.41, 5.74) is -2.43. The molecule has 0 aromatic carbocycles. The van der Waals surface area contributed by atoms with Crippen molar-refractivity contribution in [3.8, 4) is 0 Å². The Bertz CT molecular complexity index is 471. The summed E-state index contributed by atoms with van der Waals surface area (Å²) in [5.74, 6) is -4.38. The van der Waals surface area contributed by atoms with Gasteiger partial charge in [-0.1, -0.05) is 0 Å². The van der Waals surface area contributed by atoms with Gasteiger partial charge in [-0.3, -0.25) is 0 Å². The predicted octanol–water partition coefficient (Wildman–Crippen LogP) is -0.945. The van der Waals surface area contributed by atoms with E-state index in [1.165, 1.54) is 0 Å². The highest BCUT2D eigenvalue weighted by Crippen LogP contribution is 2.10. The van der Waals surface area contributed by atoms with Gasteiger partial charge in [-0.05, 0) is 5.21 Å². The molecule has 0 amide bonds. The fourth-order valence-corrected chi connectivity index (χ4v) is 0.916. The molecule has 0 radical (unpaired) electrons. The maximum atomic E-state index is 11.1. The quantitative estimate of drug-likeness (QED) is 0.625. The maximum Gasteiger partial charge on any atom is 0.359 e. The smallest absolute Gasteiger partial charge is 0.359 e. The van der Waals surface area contributed by atoms with Crippen molar-refractivity contribution in [3.05, 3.63) is 17.0 Å². The maximum absolute atomic E-state index is 11.1. The molecule has 0 saturated heterocycles. The number of aromatic nitrogens is 3. The summed E-state index contributed by atoms with van der Waals surface area (Å²) in [6, 6.07) is 0. The lowest BCUT2D eigenvalue weighted by atomic mass is 10.1. The Labute approximate surface area is 87.7 Å². The van der Waals surface area contributed by atoms with E-state index in [4.69, 9.17) is 10.2 Å². The van der Waals surface area contributed by atoms with Crippen molar-refractivity contribution in [1.29, 1.82) is 0 Å². The summed E-state index contributed by atoms with van der Waals surface area (Å²) in [5, 5.41) is 26.5. The zero-order valence-electron chi connectivity index (χ0n) is 7.87. The van der Waals surface area contributed by atoms with Gasteiger partial charge in [-0.15, -0.1) is 10.2 Å². The number of rotatable bonds is 3. The molecule has 0 aliphatic rings. The monoisotopic (exact) mass is 227 g/mol. The lowest BCUT2D eigenvalue weighted by molar-refractivity contribution is 0.0568. The van der Waals surface area contributed by atoms with Crippen molar-refractivity contribution >= 4 is 17.9 Å². The van der Waals surface area contributed by atoms with E-state index in [0.717, 1.165) is 7.11 Å². The van der Waals surface area contributed by atoms with Gasteiger partial charge in [-0.2, -0.15) is 0 Å². The summed E-state index contributed by atoms with van der Waals surface area (Å²) in [6.45, 7) is 0. The third-order valence-electron chi connectivity index (χ3n) is 1.56. The minimum absolute atomic E-state index is 0.706. The fraction of sp³-hybridized carbons (Fsp3) is 0.143. The molecule has 0 aliphatic heterocycles. The highest BCUT2D eigenvalue weighted by molar-refractivity contribution is 6.07. The molecular formula is C7H5N3O6. The highest BCUT2D eigenvalue weighted by atomic mass is 16.5. The average Bonchev–Trinajstić information content (AvgIpc) is 2.26. The molecule has 9 nitrogen and oxygen atoms in total. The summed E-state index contributed by atoms with van der Waals surface area (Å²) < 4.78 is 4.24. The van der Waals surface area contributed by atoms with E-state index in [2.05, 4.69) is 20.1 Å². The van der Waals surface area contributed by atoms with E-state index in [1.54, 1.807) is 0 Å². The fourth-order valence-electron chi connectivity index (χ4n) is 0.916. The predicted molar refractivity (Wildman–Crippen MR) is 45.1 cm³/mol. The van der Waals surface area contributed by atoms with Gasteiger partial charge in [0.15, 0.2) is 11.4 Å². The van der Waals surface area contributed by atoms with Crippen LogP contribution in [0.15, 0.2) is 0 Å². The number of esters is 1. The van der Waals surface area contributed by atoms with Crippen LogP contribution in [-0.2, 0) is 4.74 Å². The first-order valence-electron chi connectivity index (χ1n) is 3.77. The normalized spacial score (nSPS) is 9.56. The number of carbonyl (C=O) groups excluding carboxylic acids is 1. The molecule has 0 unspecified atom stereocenters. The summed E-state index contributed by atoms with van der Waals surface area (Å²) >= 11 is 0. The third-order valence-corrected chi connectivity index (χ3v) is 1.56. The van der Waals surface area contributed by atoms with Gasteiger partial charge >= 0.3 is 17.9 Å². The van der Waals surface area contributed by atoms with Crippen molar-refractivity contribution in [2.75, 3.05) is 7.11 Å². The van der Waals surface area contributed by atoms with E-state index >= 15 is 0 Å². The third kappa shape index (κ3) is 1.92. The largest absolute Gasteiger partial charge is 0.478 e. The molecule has 0 aliphatic carbocycles. The summed E-state index contributed by atoms with van der Waals surface area (Å²) in [6.07, 6.45) is 0. The van der Waals surface area contributed by atoms with E-state index in [-0.39, 0.29) is 0 Å². The molecule has 9 heteroatoms. The number of carboxylic acids is 2. The highest BCUT2D eigenvalue weighted by Gasteiger charge is 2.28. The van der Waals surface area contributed by atoms with Gasteiger partial charge < -0.3 is 14.9 Å². The van der Waals surface area contributed by atoms with Gasteiger partial charge in [0.2, 0.25) is 0 Å². The lowest BCUT2D eigenvalue weighted by Crippen LogP contribution is -2.20. The second-order valence-corrected chi connectivity index (χ2v) is 2.46. The minimum Gasteiger partial charge on any atom is -0.478 e. The van der Waals surface area contributed by atoms with E-state index < -0.39 is 34.9 Å². The van der Waals surface area contributed by atoms with Crippen LogP contribution in [0, 0.1) is 0 Å². The molecule has 1 aromatic heterocycles. The Balaban J connectivity index is 3.51. The first-order valence-corrected chi connectivity index (χ1v) is 3.77. The van der Waals surface area contributed by atoms with Crippen molar-refractivity contribution in [2.45, 2.75) is 0 Å². The Morgan fingerprint density at radius 1 is 1.06 bits per heavy atom. The average molecular weight is 227 g/mol. The van der Waals surface area contributed by atoms with Crippen LogP contribution < -0.4 is 0 Å². The number of methoxy groups -OCH3 is 1. The van der Waals surface area contributed by atoms with Crippen molar-refractivity contribution < 1.29 is 29.3 Å². The number of ether oxygens (including phenoxy) is 1. The molecular weight excluding hydrogens is 222 g/mol. The molecule has 1 aromatic rings. The SMILES string of the molecule is COC(=O)c1nnnc(C(=O)O)c1C(=O)O. The van der Waals surface area contributed by atoms with Crippen molar-refractivity contribution in [3.63, 3.8) is 0 Å². The second-order valence-electron chi connectivity index (χ2n) is 2.46. The molecule has 84 valence electrons. The van der Waals surface area contributed by atoms with E-state index in [1.807, 2.05) is 0 Å². The van der Waals surface area contributed by atoms with Crippen molar-refractivity contribution in [1.82, 2.24) is 15.4 Å². The Kier molecular flexibility index (Phi) is 3.09. The van der Waals surface area contributed by atoms with Crippen LogP contribution in [0.4, 0.5) is 0 Å². The first-order chi connectivity index (χ1) is 7.49. The van der Waals surface area contributed by atoms with Crippen LogP contribution in [0.1, 0.15) is 31.3 Å². The molecule has 0 fully saturated rings. The van der Waals surface area contributed by atoms with Crippen LogP contribution in [0.2, 0.25) is 0 Å². The van der Waals surface area contributed by atoms with Gasteiger partial charge in [0.05, 0.1) is 7.11 Å². The molecule has 16 heavy (non-hydrogen) atoms. The first kappa shape index (κ1) is 11.5. The summed E-state index contributed by atoms with van der Waals surface area (Å²) in [7, 11) is 0.997. The van der Waals surface area contributed by atoms with Gasteiger partial charge in [-0.25, -0.2) is 14.4 Å². The number of carboxylic acid groups (broad SMARTS) is 2. The molecule has 0 bridgehead atoms. The zero-order valence-corrected chi connectivity index (χ0v) is 7.87. The number of carbonyl (C=O) groups is 3. The number of hydrogen-bond donors (Lipinski definition) is 2. The van der Waals surface area contributed by atoms with E-state index in [9.17, 15) is 14.4 Å². The topological polar surface area (TPSA) is 140 Å². The van der Waals surface area contributed by atoms with Gasteiger partial charge in [0.1, 0.15) is 5.56 Å². The Hall–Kier alpha value is -2.58. The molecule has 1 rings (SSSR count). The van der Waals surface area contributed by atoms with Crippen LogP contribution in [-0.4, -0.2) is 50.6 Å². The lowest BCUT2D eigenvalue weighted by Gasteiger charge is -2.03. The van der Waals surface area contributed by atoms with Crippen molar-refractivity contribution in [2.24, 2.45) is 0 Å². The Morgan fingerprint density at radius 2 is 1.62 bits per heavy atom. The van der Waals surface area contributed by atoms with Gasteiger partial charge in [0, 0.05) is 0 Å². The molecule has 0 spiro atoms. The molecule has 0 saturated carbocycles. The number of hydrogen-bond acceptors (Lipinski definition) is 7. The van der Waals surface area contributed by atoms with Gasteiger partial charge in [0.25, 0.3) is 0 Å². The number of nitrogens with zero attached hydrogens (tertiary/aromatic N) is 3. The summed E-state index contributed by atoms with van der Waals surface area (Å²) in [4.78, 5) is 32.5. The van der Waals surface area contributed by atoms with Crippen LogP contribution >= 0.6 is 0 Å². The Morgan fingerprint density at radius 3 is 2.06 bits per heavy atom. The number of aromatic carboxylic acids is 2. The standard InChI is InChI=1S/C7H5N3O6/c1-16-7(15)4-2(5(11)12)3(6(13)14)8-10-9-4/h1H3,(H,11,12)(H,13,14). The molecule has 1 heterocycles.